The van der Waals surface area contributed by atoms with Gasteiger partial charge >= 0.3 is 5.97 Å². The number of methoxy groups -OCH3 is 1. The van der Waals surface area contributed by atoms with Crippen LogP contribution >= 0.6 is 11.8 Å². The van der Waals surface area contributed by atoms with Gasteiger partial charge in [0.1, 0.15) is 12.2 Å². The van der Waals surface area contributed by atoms with Crippen molar-refractivity contribution in [3.63, 3.8) is 0 Å². The van der Waals surface area contributed by atoms with E-state index in [1.165, 1.54) is 7.11 Å². The van der Waals surface area contributed by atoms with Crippen LogP contribution in [0.5, 0.6) is 0 Å². The van der Waals surface area contributed by atoms with Gasteiger partial charge in [0.2, 0.25) is 0 Å². The Balaban J connectivity index is 2.35. The number of ether oxygens (including phenoxy) is 1. The van der Waals surface area contributed by atoms with Crippen LogP contribution in [-0.4, -0.2) is 33.6 Å². The van der Waals surface area contributed by atoms with Crippen molar-refractivity contribution in [2.75, 3.05) is 12.9 Å². The molecule has 1 atom stereocenters. The highest BCUT2D eigenvalue weighted by Crippen LogP contribution is 2.14. The molecule has 6 heteroatoms. The Morgan fingerprint density at radius 2 is 2.41 bits per heavy atom. The lowest BCUT2D eigenvalue weighted by molar-refractivity contribution is -0.143. The van der Waals surface area contributed by atoms with E-state index in [-0.39, 0.29) is 11.9 Å². The zero-order valence-corrected chi connectivity index (χ0v) is 11.4. The highest BCUT2D eigenvalue weighted by Gasteiger charge is 2.13. The summed E-state index contributed by atoms with van der Waals surface area (Å²) < 4.78 is 6.59. The topological polar surface area (TPSA) is 57.0 Å². The Bertz CT molecular complexity index is 354. The van der Waals surface area contributed by atoms with Crippen LogP contribution in [-0.2, 0) is 21.8 Å². The third-order valence-electron chi connectivity index (χ3n) is 2.33. The predicted octanol–water partition coefficient (Wildman–Crippen LogP) is 1.73. The fraction of sp³-hybridized carbons (Fsp3) is 0.727. The van der Waals surface area contributed by atoms with Crippen molar-refractivity contribution in [3.8, 4) is 0 Å². The first-order valence-electron chi connectivity index (χ1n) is 5.71. The van der Waals surface area contributed by atoms with E-state index in [9.17, 15) is 4.79 Å². The van der Waals surface area contributed by atoms with Crippen molar-refractivity contribution in [2.45, 2.75) is 32.6 Å². The summed E-state index contributed by atoms with van der Waals surface area (Å²) in [5.41, 5.74) is 0. The minimum absolute atomic E-state index is 0.0763. The summed E-state index contributed by atoms with van der Waals surface area (Å²) in [6.07, 6.45) is 2.62. The molecule has 0 aliphatic heterocycles. The summed E-state index contributed by atoms with van der Waals surface area (Å²) in [7, 11) is 1.42. The molecule has 0 N–H and O–H groups in total. The third kappa shape index (κ3) is 4.38. The van der Waals surface area contributed by atoms with Gasteiger partial charge in [-0.2, -0.15) is 16.9 Å². The number of rotatable bonds is 7. The second kappa shape index (κ2) is 7.32. The first-order chi connectivity index (χ1) is 8.19. The first kappa shape index (κ1) is 14.0. The quantitative estimate of drug-likeness (QED) is 0.696. The van der Waals surface area contributed by atoms with Crippen LogP contribution in [0.15, 0.2) is 6.33 Å². The van der Waals surface area contributed by atoms with Crippen molar-refractivity contribution in [3.05, 3.63) is 12.2 Å². The second-order valence-corrected chi connectivity index (χ2v) is 4.87. The highest BCUT2D eigenvalue weighted by molar-refractivity contribution is 7.98. The normalized spacial score (nSPS) is 12.4. The Hall–Kier alpha value is -1.04. The summed E-state index contributed by atoms with van der Waals surface area (Å²) in [5, 5.41) is 4.16. The molecule has 0 aliphatic carbocycles. The van der Waals surface area contributed by atoms with Crippen molar-refractivity contribution < 1.29 is 9.53 Å². The average molecular weight is 257 g/mol. The minimum Gasteiger partial charge on any atom is -0.469 e. The van der Waals surface area contributed by atoms with E-state index in [0.29, 0.717) is 0 Å². The van der Waals surface area contributed by atoms with Gasteiger partial charge in [-0.05, 0) is 6.42 Å². The number of nitrogens with zero attached hydrogens (tertiary/aromatic N) is 3. The molecular formula is C11H19N3O2S. The van der Waals surface area contributed by atoms with Gasteiger partial charge in [-0.1, -0.05) is 13.8 Å². The molecule has 1 heterocycles. The SMILES string of the molecule is CCCn1ncnc1CSCC(C)C(=O)OC. The molecule has 1 unspecified atom stereocenters. The maximum atomic E-state index is 11.2. The van der Waals surface area contributed by atoms with Crippen molar-refractivity contribution in [1.82, 2.24) is 14.8 Å². The molecule has 0 radical (unpaired) electrons. The molecule has 0 aliphatic rings. The first-order valence-corrected chi connectivity index (χ1v) is 6.86. The van der Waals surface area contributed by atoms with Gasteiger partial charge in [0.25, 0.3) is 0 Å². The number of carbonyl (C=O) groups is 1. The number of carbonyl (C=O) groups excluding carboxylic acids is 1. The molecule has 0 spiro atoms. The Kier molecular flexibility index (Phi) is 6.04. The predicted molar refractivity (Wildman–Crippen MR) is 67.7 cm³/mol. The standard InChI is InChI=1S/C11H19N3O2S/c1-4-5-14-10(12-8-13-14)7-17-6-9(2)11(15)16-3/h8-9H,4-7H2,1-3H3. The molecular weight excluding hydrogens is 238 g/mol. The van der Waals surface area contributed by atoms with Gasteiger partial charge in [-0.15, -0.1) is 0 Å². The average Bonchev–Trinajstić information content (AvgIpc) is 2.76. The van der Waals surface area contributed by atoms with Gasteiger partial charge in [-0.25, -0.2) is 9.67 Å². The van der Waals surface area contributed by atoms with E-state index in [0.717, 1.165) is 30.3 Å². The maximum Gasteiger partial charge on any atom is 0.309 e. The number of esters is 1. The van der Waals surface area contributed by atoms with E-state index >= 15 is 0 Å². The summed E-state index contributed by atoms with van der Waals surface area (Å²) in [6, 6.07) is 0. The lowest BCUT2D eigenvalue weighted by atomic mass is 10.2. The number of hydrogen-bond donors (Lipinski definition) is 0. The molecule has 0 saturated heterocycles. The van der Waals surface area contributed by atoms with Crippen molar-refractivity contribution >= 4 is 17.7 Å². The van der Waals surface area contributed by atoms with Gasteiger partial charge in [0.05, 0.1) is 18.8 Å². The molecule has 17 heavy (non-hydrogen) atoms. The number of aryl methyl sites for hydroxylation is 1. The Morgan fingerprint density at radius 3 is 3.06 bits per heavy atom. The zero-order valence-electron chi connectivity index (χ0n) is 10.5. The summed E-state index contributed by atoms with van der Waals surface area (Å²) in [6.45, 7) is 4.87. The van der Waals surface area contributed by atoms with Gasteiger partial charge < -0.3 is 4.74 Å². The lowest BCUT2D eigenvalue weighted by Gasteiger charge is -2.08. The molecule has 1 rings (SSSR count). The molecule has 0 aromatic carbocycles. The highest BCUT2D eigenvalue weighted by atomic mass is 32.2. The monoisotopic (exact) mass is 257 g/mol. The van der Waals surface area contributed by atoms with Crippen LogP contribution < -0.4 is 0 Å². The molecule has 1 aromatic rings. The van der Waals surface area contributed by atoms with Gasteiger partial charge in [0.15, 0.2) is 0 Å². The third-order valence-corrected chi connectivity index (χ3v) is 3.53. The van der Waals surface area contributed by atoms with Crippen molar-refractivity contribution in [2.24, 2.45) is 5.92 Å². The summed E-state index contributed by atoms with van der Waals surface area (Å²) in [5.74, 6) is 2.25. The van der Waals surface area contributed by atoms with E-state index in [2.05, 4.69) is 21.7 Å². The molecule has 0 saturated carbocycles. The lowest BCUT2D eigenvalue weighted by Crippen LogP contribution is -2.15. The number of aromatic nitrogens is 3. The van der Waals surface area contributed by atoms with Crippen LogP contribution in [0.3, 0.4) is 0 Å². The van der Waals surface area contributed by atoms with E-state index in [4.69, 9.17) is 0 Å². The number of thioether (sulfide) groups is 1. The van der Waals surface area contributed by atoms with E-state index < -0.39 is 0 Å². The fourth-order valence-corrected chi connectivity index (χ4v) is 2.41. The maximum absolute atomic E-state index is 11.2. The van der Waals surface area contributed by atoms with Crippen LogP contribution in [0, 0.1) is 5.92 Å². The Morgan fingerprint density at radius 1 is 1.65 bits per heavy atom. The molecule has 0 bridgehead atoms. The smallest absolute Gasteiger partial charge is 0.309 e. The zero-order chi connectivity index (χ0) is 12.7. The molecule has 0 amide bonds. The van der Waals surface area contributed by atoms with Crippen LogP contribution in [0.1, 0.15) is 26.1 Å². The summed E-state index contributed by atoms with van der Waals surface area (Å²) in [4.78, 5) is 15.4. The molecule has 0 fully saturated rings. The second-order valence-electron chi connectivity index (χ2n) is 3.84. The van der Waals surface area contributed by atoms with Gasteiger partial charge in [0, 0.05) is 12.3 Å². The molecule has 96 valence electrons. The Labute approximate surface area is 106 Å². The molecule has 5 nitrogen and oxygen atoms in total. The summed E-state index contributed by atoms with van der Waals surface area (Å²) >= 11 is 1.68. The number of hydrogen-bond acceptors (Lipinski definition) is 5. The van der Waals surface area contributed by atoms with Crippen LogP contribution in [0.2, 0.25) is 0 Å². The van der Waals surface area contributed by atoms with Crippen molar-refractivity contribution in [1.29, 1.82) is 0 Å². The van der Waals surface area contributed by atoms with Crippen LogP contribution in [0.25, 0.3) is 0 Å². The van der Waals surface area contributed by atoms with Gasteiger partial charge in [-0.3, -0.25) is 4.79 Å². The van der Waals surface area contributed by atoms with Crippen LogP contribution in [0.4, 0.5) is 0 Å². The minimum atomic E-state index is -0.160. The molecule has 1 aromatic heterocycles. The van der Waals surface area contributed by atoms with E-state index in [1.807, 2.05) is 11.6 Å². The van der Waals surface area contributed by atoms with E-state index in [1.54, 1.807) is 18.1 Å². The fourth-order valence-electron chi connectivity index (χ4n) is 1.39. The largest absolute Gasteiger partial charge is 0.469 e.